The second kappa shape index (κ2) is 9.75. The minimum Gasteiger partial charge on any atom is -0.461 e. The summed E-state index contributed by atoms with van der Waals surface area (Å²) in [5.41, 5.74) is 1.64. The highest BCUT2D eigenvalue weighted by Crippen LogP contribution is 2.24. The first kappa shape index (κ1) is 21.1. The number of amides is 2. The molecule has 2 amide bonds. The number of aromatic nitrogens is 3. The van der Waals surface area contributed by atoms with E-state index in [2.05, 4.69) is 36.8 Å². The molecular formula is C19H20BrN5O3S. The van der Waals surface area contributed by atoms with Crippen molar-refractivity contribution in [3.63, 3.8) is 0 Å². The number of furan rings is 1. The first-order valence-corrected chi connectivity index (χ1v) is 10.7. The number of anilines is 1. The van der Waals surface area contributed by atoms with Gasteiger partial charge in [0.05, 0.1) is 18.6 Å². The fraction of sp³-hybridized carbons (Fsp3) is 0.263. The molecule has 0 saturated heterocycles. The van der Waals surface area contributed by atoms with Gasteiger partial charge in [0.2, 0.25) is 11.8 Å². The topological polar surface area (TPSA) is 102 Å². The van der Waals surface area contributed by atoms with Gasteiger partial charge in [-0.1, -0.05) is 27.7 Å². The molecule has 2 aromatic heterocycles. The lowest BCUT2D eigenvalue weighted by atomic mass is 10.2. The Morgan fingerprint density at radius 3 is 2.76 bits per heavy atom. The normalized spacial score (nSPS) is 10.7. The Morgan fingerprint density at radius 2 is 2.07 bits per heavy atom. The van der Waals surface area contributed by atoms with Crippen molar-refractivity contribution in [2.75, 3.05) is 17.6 Å². The van der Waals surface area contributed by atoms with Gasteiger partial charge in [-0.15, -0.1) is 10.2 Å². The summed E-state index contributed by atoms with van der Waals surface area (Å²) in [7, 11) is 0. The lowest BCUT2D eigenvalue weighted by Crippen LogP contribution is -2.34. The summed E-state index contributed by atoms with van der Waals surface area (Å²) < 4.78 is 8.18. The molecular weight excluding hydrogens is 458 g/mol. The molecule has 0 bridgehead atoms. The van der Waals surface area contributed by atoms with Crippen LogP contribution in [0.15, 0.2) is 50.6 Å². The minimum atomic E-state index is -0.286. The van der Waals surface area contributed by atoms with Crippen molar-refractivity contribution in [1.82, 2.24) is 20.1 Å². The lowest BCUT2D eigenvalue weighted by Gasteiger charge is -2.10. The molecule has 0 unspecified atom stereocenters. The van der Waals surface area contributed by atoms with Crippen molar-refractivity contribution in [2.45, 2.75) is 25.5 Å². The molecule has 2 heterocycles. The van der Waals surface area contributed by atoms with Crippen LogP contribution >= 0.6 is 27.7 Å². The van der Waals surface area contributed by atoms with Gasteiger partial charge in [-0.2, -0.15) is 0 Å². The number of aryl methyl sites for hydroxylation is 1. The van der Waals surface area contributed by atoms with Crippen molar-refractivity contribution >= 4 is 45.2 Å². The summed E-state index contributed by atoms with van der Waals surface area (Å²) in [4.78, 5) is 24.2. The van der Waals surface area contributed by atoms with Crippen molar-refractivity contribution in [1.29, 1.82) is 0 Å². The molecule has 0 fully saturated rings. The van der Waals surface area contributed by atoms with E-state index in [-0.39, 0.29) is 24.1 Å². The number of thioether (sulfide) groups is 1. The molecule has 3 rings (SSSR count). The van der Waals surface area contributed by atoms with Gasteiger partial charge in [0, 0.05) is 16.7 Å². The SMILES string of the molecule is CCn1c(SCC(=O)NCC(=O)Nc2ccc(Br)cc2C)nnc1-c1ccco1. The molecule has 29 heavy (non-hydrogen) atoms. The number of hydrogen-bond donors (Lipinski definition) is 2. The first-order chi connectivity index (χ1) is 14.0. The average molecular weight is 478 g/mol. The van der Waals surface area contributed by atoms with Crippen LogP contribution < -0.4 is 10.6 Å². The minimum absolute atomic E-state index is 0.104. The average Bonchev–Trinajstić information content (AvgIpc) is 3.36. The first-order valence-electron chi connectivity index (χ1n) is 8.90. The van der Waals surface area contributed by atoms with E-state index in [0.29, 0.717) is 29.0 Å². The van der Waals surface area contributed by atoms with Gasteiger partial charge in [-0.25, -0.2) is 0 Å². The van der Waals surface area contributed by atoms with Crippen LogP contribution in [0.25, 0.3) is 11.6 Å². The number of halogens is 1. The molecule has 10 heteroatoms. The number of benzene rings is 1. The zero-order valence-electron chi connectivity index (χ0n) is 15.9. The zero-order valence-corrected chi connectivity index (χ0v) is 18.3. The number of rotatable bonds is 8. The van der Waals surface area contributed by atoms with Crippen LogP contribution in [0.4, 0.5) is 5.69 Å². The number of hydrogen-bond acceptors (Lipinski definition) is 6. The second-order valence-corrected chi connectivity index (χ2v) is 7.96. The molecule has 2 N–H and O–H groups in total. The summed E-state index contributed by atoms with van der Waals surface area (Å²) in [5, 5.41) is 14.3. The summed E-state index contributed by atoms with van der Waals surface area (Å²) >= 11 is 4.64. The summed E-state index contributed by atoms with van der Waals surface area (Å²) in [6.07, 6.45) is 1.57. The number of carbonyl (C=O) groups excluding carboxylic acids is 2. The Kier molecular flexibility index (Phi) is 7.10. The highest BCUT2D eigenvalue weighted by atomic mass is 79.9. The van der Waals surface area contributed by atoms with E-state index in [1.807, 2.05) is 42.7 Å². The Hall–Kier alpha value is -2.59. The van der Waals surface area contributed by atoms with E-state index in [1.54, 1.807) is 12.3 Å². The Morgan fingerprint density at radius 1 is 1.24 bits per heavy atom. The van der Waals surface area contributed by atoms with Crippen molar-refractivity contribution in [3.05, 3.63) is 46.6 Å². The van der Waals surface area contributed by atoms with Gasteiger partial charge >= 0.3 is 0 Å². The molecule has 152 valence electrons. The highest BCUT2D eigenvalue weighted by Gasteiger charge is 2.16. The predicted molar refractivity (Wildman–Crippen MR) is 115 cm³/mol. The summed E-state index contributed by atoms with van der Waals surface area (Å²) in [6, 6.07) is 9.15. The second-order valence-electron chi connectivity index (χ2n) is 6.10. The molecule has 0 aliphatic heterocycles. The van der Waals surface area contributed by atoms with E-state index < -0.39 is 0 Å². The Bertz CT molecular complexity index is 1000. The van der Waals surface area contributed by atoms with Crippen molar-refractivity contribution in [2.24, 2.45) is 0 Å². The molecule has 8 nitrogen and oxygen atoms in total. The largest absolute Gasteiger partial charge is 0.461 e. The van der Waals surface area contributed by atoms with E-state index >= 15 is 0 Å². The van der Waals surface area contributed by atoms with Gasteiger partial charge in [0.1, 0.15) is 0 Å². The summed E-state index contributed by atoms with van der Waals surface area (Å²) in [5.74, 6) is 0.814. The maximum Gasteiger partial charge on any atom is 0.243 e. The fourth-order valence-corrected chi connectivity index (χ4v) is 3.90. The maximum absolute atomic E-state index is 12.1. The molecule has 0 radical (unpaired) electrons. The van der Waals surface area contributed by atoms with Crippen LogP contribution in [0.2, 0.25) is 0 Å². The molecule has 0 aliphatic rings. The predicted octanol–water partition coefficient (Wildman–Crippen LogP) is 3.48. The maximum atomic E-state index is 12.1. The van der Waals surface area contributed by atoms with E-state index in [0.717, 1.165) is 10.0 Å². The van der Waals surface area contributed by atoms with Crippen LogP contribution in [0.5, 0.6) is 0 Å². The highest BCUT2D eigenvalue weighted by molar-refractivity contribution is 9.10. The number of nitrogens with zero attached hydrogens (tertiary/aromatic N) is 3. The van der Waals surface area contributed by atoms with Crippen molar-refractivity contribution < 1.29 is 14.0 Å². The van der Waals surface area contributed by atoms with Gasteiger partial charge in [0.25, 0.3) is 0 Å². The Balaban J connectivity index is 1.49. The van der Waals surface area contributed by atoms with E-state index in [9.17, 15) is 9.59 Å². The smallest absolute Gasteiger partial charge is 0.243 e. The number of nitrogens with one attached hydrogen (secondary N) is 2. The Labute approximate surface area is 180 Å². The molecule has 0 atom stereocenters. The molecule has 0 aliphatic carbocycles. The third-order valence-corrected chi connectivity index (χ3v) is 5.48. The summed E-state index contributed by atoms with van der Waals surface area (Å²) in [6.45, 7) is 4.40. The lowest BCUT2D eigenvalue weighted by molar-refractivity contribution is -0.122. The fourth-order valence-electron chi connectivity index (χ4n) is 2.59. The monoisotopic (exact) mass is 477 g/mol. The zero-order chi connectivity index (χ0) is 20.8. The van der Waals surface area contributed by atoms with Crippen molar-refractivity contribution in [3.8, 4) is 11.6 Å². The van der Waals surface area contributed by atoms with Crippen LogP contribution in [0, 0.1) is 6.92 Å². The van der Waals surface area contributed by atoms with E-state index in [4.69, 9.17) is 4.42 Å². The third kappa shape index (κ3) is 5.48. The van der Waals surface area contributed by atoms with Crippen LogP contribution in [0.3, 0.4) is 0 Å². The molecule has 0 saturated carbocycles. The van der Waals surface area contributed by atoms with Gasteiger partial charge < -0.3 is 15.1 Å². The molecule has 1 aromatic carbocycles. The van der Waals surface area contributed by atoms with Crippen LogP contribution in [-0.4, -0.2) is 38.9 Å². The quantitative estimate of drug-likeness (QED) is 0.481. The number of carbonyl (C=O) groups is 2. The van der Waals surface area contributed by atoms with Crippen LogP contribution in [0.1, 0.15) is 12.5 Å². The van der Waals surface area contributed by atoms with Gasteiger partial charge in [-0.05, 0) is 49.7 Å². The standard InChI is InChI=1S/C19H20BrN5O3S/c1-3-25-18(15-5-4-8-28-15)23-24-19(25)29-11-17(27)21-10-16(26)22-14-7-6-13(20)9-12(14)2/h4-9H,3,10-11H2,1-2H3,(H,21,27)(H,22,26). The van der Waals surface area contributed by atoms with E-state index in [1.165, 1.54) is 11.8 Å². The third-order valence-electron chi connectivity index (χ3n) is 4.02. The molecule has 3 aromatic rings. The van der Waals surface area contributed by atoms with Gasteiger partial charge in [0.15, 0.2) is 16.7 Å². The molecule has 0 spiro atoms. The van der Waals surface area contributed by atoms with Gasteiger partial charge in [-0.3, -0.25) is 14.2 Å². The van der Waals surface area contributed by atoms with Crippen LogP contribution in [-0.2, 0) is 16.1 Å².